The van der Waals surface area contributed by atoms with Crippen LogP contribution in [0.3, 0.4) is 0 Å². The average molecular weight is 260 g/mol. The number of carbonyl (C=O) groups is 1. The number of carbonyl (C=O) groups excluding carboxylic acids is 1. The van der Waals surface area contributed by atoms with Crippen LogP contribution in [0.4, 0.5) is 0 Å². The molecule has 0 bridgehead atoms. The van der Waals surface area contributed by atoms with Crippen molar-refractivity contribution in [2.45, 2.75) is 19.8 Å². The van der Waals surface area contributed by atoms with Crippen molar-refractivity contribution in [1.82, 2.24) is 0 Å². The summed E-state index contributed by atoms with van der Waals surface area (Å²) < 4.78 is 4.95. The Morgan fingerprint density at radius 1 is 1.40 bits per heavy atom. The number of benzene rings is 1. The van der Waals surface area contributed by atoms with Crippen LogP contribution in [-0.4, -0.2) is 17.7 Å². The van der Waals surface area contributed by atoms with Crippen LogP contribution in [0.15, 0.2) is 24.3 Å². The molecule has 1 N–H and O–H groups in total. The van der Waals surface area contributed by atoms with Crippen molar-refractivity contribution in [3.63, 3.8) is 0 Å². The van der Waals surface area contributed by atoms with E-state index in [0.29, 0.717) is 6.61 Å². The van der Waals surface area contributed by atoms with Crippen LogP contribution in [-0.2, 0) is 24.2 Å². The molecular weight excluding hydrogens is 246 g/mol. The Hall–Kier alpha value is -0.887. The Kier molecular flexibility index (Phi) is 6.97. The monoisotopic (exact) mass is 258 g/mol. The quantitative estimate of drug-likeness (QED) is 0.513. The summed E-state index contributed by atoms with van der Waals surface area (Å²) in [5, 5.41) is 9.34. The number of phenols is 1. The summed E-state index contributed by atoms with van der Waals surface area (Å²) in [6, 6.07) is 6.37. The van der Waals surface area contributed by atoms with E-state index in [-0.39, 0.29) is 30.8 Å². The minimum Gasteiger partial charge on any atom is -0.507 e. The van der Waals surface area contributed by atoms with E-state index in [1.54, 1.807) is 18.2 Å². The molecule has 0 heterocycles. The maximum Gasteiger partial charge on any atom is 0.341 e. The first-order chi connectivity index (χ1) is 6.75. The molecule has 0 fully saturated rings. The SMILES string of the molecule is CCCCOC(=O)c1ccccc1O.[Zn]. The van der Waals surface area contributed by atoms with E-state index in [2.05, 4.69) is 0 Å². The van der Waals surface area contributed by atoms with E-state index >= 15 is 0 Å². The van der Waals surface area contributed by atoms with Gasteiger partial charge in [-0.25, -0.2) is 4.79 Å². The summed E-state index contributed by atoms with van der Waals surface area (Å²) in [7, 11) is 0. The number of hydrogen-bond acceptors (Lipinski definition) is 3. The number of hydrogen-bond donors (Lipinski definition) is 1. The van der Waals surface area contributed by atoms with Crippen LogP contribution >= 0.6 is 0 Å². The van der Waals surface area contributed by atoms with Gasteiger partial charge in [-0.2, -0.15) is 0 Å². The second-order valence-electron chi connectivity index (χ2n) is 3.01. The van der Waals surface area contributed by atoms with E-state index < -0.39 is 5.97 Å². The number of para-hydroxylation sites is 1. The standard InChI is InChI=1S/C11H14O3.Zn/c1-2-3-8-14-11(13)9-6-4-5-7-10(9)12;/h4-7,12H,2-3,8H2,1H3;. The number of esters is 1. The van der Waals surface area contributed by atoms with Gasteiger partial charge in [0, 0.05) is 19.5 Å². The third-order valence-electron chi connectivity index (χ3n) is 1.86. The molecule has 0 radical (unpaired) electrons. The zero-order valence-electron chi connectivity index (χ0n) is 8.90. The van der Waals surface area contributed by atoms with Crippen molar-refractivity contribution in [2.24, 2.45) is 0 Å². The molecule has 0 aliphatic heterocycles. The number of unbranched alkanes of at least 4 members (excludes halogenated alkanes) is 1. The molecule has 0 amide bonds. The Bertz CT molecular complexity index is 312. The van der Waals surface area contributed by atoms with Crippen LogP contribution < -0.4 is 0 Å². The Morgan fingerprint density at radius 2 is 2.07 bits per heavy atom. The van der Waals surface area contributed by atoms with E-state index in [1.165, 1.54) is 6.07 Å². The molecule has 0 saturated heterocycles. The van der Waals surface area contributed by atoms with Gasteiger partial charge in [-0.3, -0.25) is 0 Å². The molecule has 15 heavy (non-hydrogen) atoms. The molecule has 1 aromatic rings. The van der Waals surface area contributed by atoms with E-state index in [0.717, 1.165) is 12.8 Å². The molecule has 0 aromatic heterocycles. The van der Waals surface area contributed by atoms with Crippen molar-refractivity contribution < 1.29 is 34.1 Å². The summed E-state index contributed by atoms with van der Waals surface area (Å²) in [6.45, 7) is 2.43. The fraction of sp³-hybridized carbons (Fsp3) is 0.364. The summed E-state index contributed by atoms with van der Waals surface area (Å²) in [6.07, 6.45) is 1.83. The van der Waals surface area contributed by atoms with Gasteiger partial charge < -0.3 is 9.84 Å². The van der Waals surface area contributed by atoms with E-state index in [9.17, 15) is 9.90 Å². The number of phenolic OH excluding ortho intramolecular Hbond substituents is 1. The minimum absolute atomic E-state index is 0. The number of rotatable bonds is 4. The fourth-order valence-corrected chi connectivity index (χ4v) is 1.03. The Balaban J connectivity index is 0.00000196. The third kappa shape index (κ3) is 4.43. The molecule has 0 aliphatic rings. The molecule has 0 aliphatic carbocycles. The van der Waals surface area contributed by atoms with Crippen molar-refractivity contribution >= 4 is 5.97 Å². The van der Waals surface area contributed by atoms with Gasteiger partial charge in [-0.1, -0.05) is 25.5 Å². The van der Waals surface area contributed by atoms with Gasteiger partial charge in [0.05, 0.1) is 6.61 Å². The number of ether oxygens (including phenoxy) is 1. The topological polar surface area (TPSA) is 46.5 Å². The normalized spacial score (nSPS) is 9.13. The fourth-order valence-electron chi connectivity index (χ4n) is 1.03. The molecule has 0 spiro atoms. The molecule has 0 unspecified atom stereocenters. The van der Waals surface area contributed by atoms with Gasteiger partial charge in [0.1, 0.15) is 11.3 Å². The average Bonchev–Trinajstić information content (AvgIpc) is 2.18. The van der Waals surface area contributed by atoms with Crippen LogP contribution in [0.1, 0.15) is 30.1 Å². The second-order valence-corrected chi connectivity index (χ2v) is 3.01. The largest absolute Gasteiger partial charge is 0.507 e. The van der Waals surface area contributed by atoms with Gasteiger partial charge >= 0.3 is 5.97 Å². The van der Waals surface area contributed by atoms with Gasteiger partial charge in [0.2, 0.25) is 0 Å². The van der Waals surface area contributed by atoms with Crippen molar-refractivity contribution in [3.05, 3.63) is 29.8 Å². The summed E-state index contributed by atoms with van der Waals surface area (Å²) in [4.78, 5) is 11.4. The predicted molar refractivity (Wildman–Crippen MR) is 53.3 cm³/mol. The van der Waals surface area contributed by atoms with Crippen LogP contribution in [0.5, 0.6) is 5.75 Å². The van der Waals surface area contributed by atoms with Crippen LogP contribution in [0.25, 0.3) is 0 Å². The molecule has 78 valence electrons. The zero-order valence-corrected chi connectivity index (χ0v) is 11.9. The Morgan fingerprint density at radius 3 is 2.67 bits per heavy atom. The summed E-state index contributed by atoms with van der Waals surface area (Å²) in [5.74, 6) is -0.495. The molecule has 0 saturated carbocycles. The van der Waals surface area contributed by atoms with Gasteiger partial charge in [-0.15, -0.1) is 0 Å². The predicted octanol–water partition coefficient (Wildman–Crippen LogP) is 2.35. The van der Waals surface area contributed by atoms with Gasteiger partial charge in [-0.05, 0) is 18.6 Å². The second kappa shape index (κ2) is 7.41. The minimum atomic E-state index is -0.462. The smallest absolute Gasteiger partial charge is 0.341 e. The van der Waals surface area contributed by atoms with Crippen LogP contribution in [0, 0.1) is 0 Å². The van der Waals surface area contributed by atoms with Crippen molar-refractivity contribution in [2.75, 3.05) is 6.61 Å². The maximum atomic E-state index is 11.4. The molecule has 1 rings (SSSR count). The first kappa shape index (κ1) is 14.1. The van der Waals surface area contributed by atoms with E-state index in [4.69, 9.17) is 4.74 Å². The summed E-state index contributed by atoms with van der Waals surface area (Å²) >= 11 is 0. The van der Waals surface area contributed by atoms with E-state index in [1.807, 2.05) is 6.92 Å². The molecular formula is C11H14O3Zn. The maximum absolute atomic E-state index is 11.4. The van der Waals surface area contributed by atoms with Gasteiger partial charge in [0.15, 0.2) is 0 Å². The van der Waals surface area contributed by atoms with Gasteiger partial charge in [0.25, 0.3) is 0 Å². The number of aromatic hydroxyl groups is 1. The van der Waals surface area contributed by atoms with Crippen LogP contribution in [0.2, 0.25) is 0 Å². The summed E-state index contributed by atoms with van der Waals surface area (Å²) in [5.41, 5.74) is 0.226. The molecule has 1 aromatic carbocycles. The molecule has 4 heteroatoms. The third-order valence-corrected chi connectivity index (χ3v) is 1.86. The first-order valence-corrected chi connectivity index (χ1v) is 4.70. The van der Waals surface area contributed by atoms with Crippen molar-refractivity contribution in [1.29, 1.82) is 0 Å². The zero-order chi connectivity index (χ0) is 10.4. The Labute approximate surface area is 102 Å². The molecule has 0 atom stereocenters. The van der Waals surface area contributed by atoms with Crippen molar-refractivity contribution in [3.8, 4) is 5.75 Å². The first-order valence-electron chi connectivity index (χ1n) is 4.70. The molecule has 3 nitrogen and oxygen atoms in total.